The number of nitro groups is 2. The monoisotopic (exact) mass is 426 g/mol. The molecule has 0 N–H and O–H groups in total. The molecule has 0 amide bonds. The van der Waals surface area contributed by atoms with E-state index in [0.717, 1.165) is 18.2 Å². The van der Waals surface area contributed by atoms with Crippen molar-refractivity contribution < 1.29 is 28.9 Å². The van der Waals surface area contributed by atoms with Gasteiger partial charge in [-0.05, 0) is 24.3 Å². The minimum absolute atomic E-state index is 0.191. The minimum Gasteiger partial charge on any atom is -0.493 e. The summed E-state index contributed by atoms with van der Waals surface area (Å²) < 4.78 is 15.5. The van der Waals surface area contributed by atoms with Crippen molar-refractivity contribution >= 4 is 17.3 Å². The molecule has 0 radical (unpaired) electrons. The Morgan fingerprint density at radius 3 is 2.00 bits per heavy atom. The largest absolute Gasteiger partial charge is 0.493 e. The molecule has 0 spiro atoms. The number of nitro benzene ring substituents is 2. The summed E-state index contributed by atoms with van der Waals surface area (Å²) in [5, 5.41) is 29.7. The van der Waals surface area contributed by atoms with E-state index in [1.54, 1.807) is 18.2 Å². The van der Waals surface area contributed by atoms with Crippen LogP contribution in [-0.2, 0) is 0 Å². The fourth-order valence-corrected chi connectivity index (χ4v) is 2.60. The molecule has 0 saturated carbocycles. The molecule has 2 aromatic carbocycles. The van der Waals surface area contributed by atoms with E-state index >= 15 is 0 Å². The van der Waals surface area contributed by atoms with Gasteiger partial charge in [-0.3, -0.25) is 20.2 Å². The number of carbonyl (C=O) groups is 1. The van der Waals surface area contributed by atoms with Gasteiger partial charge in [-0.25, -0.2) is 4.79 Å². The van der Waals surface area contributed by atoms with Gasteiger partial charge in [0.15, 0.2) is 11.5 Å². The first kappa shape index (κ1) is 21.1. The van der Waals surface area contributed by atoms with Crippen LogP contribution in [0.4, 0.5) is 11.4 Å². The number of ether oxygens (including phenoxy) is 3. The van der Waals surface area contributed by atoms with E-state index < -0.39 is 27.2 Å². The molecule has 31 heavy (non-hydrogen) atoms. The molecule has 3 rings (SSSR count). The lowest BCUT2D eigenvalue weighted by atomic mass is 10.1. The van der Waals surface area contributed by atoms with Crippen LogP contribution >= 0.6 is 0 Å². The zero-order chi connectivity index (χ0) is 22.5. The third-order valence-corrected chi connectivity index (χ3v) is 4.08. The molecule has 158 valence electrons. The van der Waals surface area contributed by atoms with E-state index in [1.807, 2.05) is 0 Å². The summed E-state index contributed by atoms with van der Waals surface area (Å²) in [7, 11) is 3.00. The molecule has 3 aromatic rings. The van der Waals surface area contributed by atoms with Crippen molar-refractivity contribution in [2.75, 3.05) is 14.2 Å². The average Bonchev–Trinajstić information content (AvgIpc) is 2.78. The molecule has 12 heteroatoms. The maximum absolute atomic E-state index is 12.3. The van der Waals surface area contributed by atoms with Crippen LogP contribution in [0.3, 0.4) is 0 Å². The van der Waals surface area contributed by atoms with Gasteiger partial charge in [0.1, 0.15) is 0 Å². The highest BCUT2D eigenvalue weighted by Gasteiger charge is 2.21. The van der Waals surface area contributed by atoms with Gasteiger partial charge in [0.2, 0.25) is 5.88 Å². The third kappa shape index (κ3) is 4.70. The SMILES string of the molecule is COc1ccc(-c2ccc(OC(=O)c3cc([N+](=O)[O-])cc([N+](=O)[O-])c3)nn2)cc1OC. The van der Waals surface area contributed by atoms with Crippen LogP contribution in [0, 0.1) is 20.2 Å². The Kier molecular flexibility index (Phi) is 6.00. The lowest BCUT2D eigenvalue weighted by molar-refractivity contribution is -0.394. The summed E-state index contributed by atoms with van der Waals surface area (Å²) in [5.74, 6) is -0.219. The number of hydrogen-bond acceptors (Lipinski definition) is 10. The molecule has 1 aromatic heterocycles. The lowest BCUT2D eigenvalue weighted by Gasteiger charge is -2.09. The van der Waals surface area contributed by atoms with Crippen LogP contribution in [0.5, 0.6) is 17.4 Å². The predicted molar refractivity (Wildman–Crippen MR) is 105 cm³/mol. The first-order valence-corrected chi connectivity index (χ1v) is 8.54. The fourth-order valence-electron chi connectivity index (χ4n) is 2.60. The van der Waals surface area contributed by atoms with Crippen molar-refractivity contribution in [3.63, 3.8) is 0 Å². The third-order valence-electron chi connectivity index (χ3n) is 4.08. The van der Waals surface area contributed by atoms with Crippen LogP contribution in [0.1, 0.15) is 10.4 Å². The Balaban J connectivity index is 1.82. The smallest absolute Gasteiger partial charge is 0.345 e. The van der Waals surface area contributed by atoms with E-state index in [-0.39, 0.29) is 11.4 Å². The Hall–Kier alpha value is -4.61. The van der Waals surface area contributed by atoms with Crippen molar-refractivity contribution in [3.8, 4) is 28.6 Å². The summed E-state index contributed by atoms with van der Waals surface area (Å²) >= 11 is 0. The number of esters is 1. The second-order valence-electron chi connectivity index (χ2n) is 5.97. The second kappa shape index (κ2) is 8.82. The van der Waals surface area contributed by atoms with Gasteiger partial charge in [0.05, 0.1) is 41.4 Å². The number of nitrogens with zero attached hydrogens (tertiary/aromatic N) is 4. The zero-order valence-corrected chi connectivity index (χ0v) is 16.2. The van der Waals surface area contributed by atoms with Crippen LogP contribution < -0.4 is 14.2 Å². The molecular weight excluding hydrogens is 412 g/mol. The molecule has 0 aliphatic carbocycles. The molecule has 0 fully saturated rings. The highest BCUT2D eigenvalue weighted by atomic mass is 16.6. The van der Waals surface area contributed by atoms with E-state index in [2.05, 4.69) is 10.2 Å². The number of benzene rings is 2. The molecule has 0 saturated heterocycles. The van der Waals surface area contributed by atoms with Crippen LogP contribution in [0.2, 0.25) is 0 Å². The fraction of sp³-hybridized carbons (Fsp3) is 0.105. The number of aromatic nitrogens is 2. The van der Waals surface area contributed by atoms with Crippen molar-refractivity contribution in [2.24, 2.45) is 0 Å². The van der Waals surface area contributed by atoms with Crippen LogP contribution in [0.15, 0.2) is 48.5 Å². The van der Waals surface area contributed by atoms with Crippen LogP contribution in [-0.4, -0.2) is 40.2 Å². The molecular formula is C19H14N4O8. The molecule has 0 unspecified atom stereocenters. The standard InChI is InChI=1S/C19H14N4O8/c1-29-16-5-3-11(9-17(16)30-2)15-4-6-18(21-20-15)31-19(24)12-7-13(22(25)26)10-14(8-12)23(27)28/h3-10H,1-2H3. The molecule has 0 aliphatic rings. The highest BCUT2D eigenvalue weighted by molar-refractivity contribution is 5.92. The summed E-state index contributed by atoms with van der Waals surface area (Å²) in [6.07, 6.45) is 0. The Morgan fingerprint density at radius 2 is 1.48 bits per heavy atom. The Labute approximate surface area is 174 Å². The summed E-state index contributed by atoms with van der Waals surface area (Å²) in [6.45, 7) is 0. The zero-order valence-electron chi connectivity index (χ0n) is 16.2. The normalized spacial score (nSPS) is 10.3. The van der Waals surface area contributed by atoms with Crippen molar-refractivity contribution in [2.45, 2.75) is 0 Å². The quantitative estimate of drug-likeness (QED) is 0.312. The molecule has 0 atom stereocenters. The van der Waals surface area contributed by atoms with Gasteiger partial charge < -0.3 is 14.2 Å². The summed E-state index contributed by atoms with van der Waals surface area (Å²) in [4.78, 5) is 32.5. The van der Waals surface area contributed by atoms with Gasteiger partial charge in [-0.1, -0.05) is 0 Å². The second-order valence-corrected chi connectivity index (χ2v) is 5.97. The Bertz CT molecular complexity index is 1130. The highest BCUT2D eigenvalue weighted by Crippen LogP contribution is 2.31. The molecule has 1 heterocycles. The average molecular weight is 426 g/mol. The number of non-ortho nitro benzene ring substituents is 2. The van der Waals surface area contributed by atoms with Crippen LogP contribution in [0.25, 0.3) is 11.3 Å². The van der Waals surface area contributed by atoms with Gasteiger partial charge in [0.25, 0.3) is 11.4 Å². The van der Waals surface area contributed by atoms with Gasteiger partial charge in [0, 0.05) is 23.8 Å². The minimum atomic E-state index is -1.06. The van der Waals surface area contributed by atoms with E-state index in [9.17, 15) is 25.0 Å². The first-order chi connectivity index (χ1) is 14.8. The lowest BCUT2D eigenvalue weighted by Crippen LogP contribution is -2.11. The van der Waals surface area contributed by atoms with E-state index in [4.69, 9.17) is 14.2 Å². The van der Waals surface area contributed by atoms with E-state index in [0.29, 0.717) is 22.8 Å². The maximum atomic E-state index is 12.3. The molecule has 12 nitrogen and oxygen atoms in total. The van der Waals surface area contributed by atoms with Gasteiger partial charge in [-0.2, -0.15) is 0 Å². The van der Waals surface area contributed by atoms with E-state index in [1.165, 1.54) is 26.4 Å². The number of rotatable bonds is 7. The first-order valence-electron chi connectivity index (χ1n) is 8.54. The number of methoxy groups -OCH3 is 2. The summed E-state index contributed by atoms with van der Waals surface area (Å²) in [6, 6.07) is 10.5. The number of carbonyl (C=O) groups excluding carboxylic acids is 1. The van der Waals surface area contributed by atoms with Gasteiger partial charge >= 0.3 is 5.97 Å². The molecule has 0 bridgehead atoms. The van der Waals surface area contributed by atoms with Crippen molar-refractivity contribution in [1.29, 1.82) is 0 Å². The van der Waals surface area contributed by atoms with Crippen molar-refractivity contribution in [1.82, 2.24) is 10.2 Å². The predicted octanol–water partition coefficient (Wildman–Crippen LogP) is 3.20. The molecule has 0 aliphatic heterocycles. The maximum Gasteiger partial charge on any atom is 0.345 e. The Morgan fingerprint density at radius 1 is 0.839 bits per heavy atom. The summed E-state index contributed by atoms with van der Waals surface area (Å²) in [5.41, 5.74) is -0.484. The topological polar surface area (TPSA) is 157 Å². The van der Waals surface area contributed by atoms with Gasteiger partial charge in [-0.15, -0.1) is 10.2 Å². The number of hydrogen-bond donors (Lipinski definition) is 0. The van der Waals surface area contributed by atoms with Crippen molar-refractivity contribution in [3.05, 3.63) is 74.3 Å².